The van der Waals surface area contributed by atoms with Gasteiger partial charge in [-0.25, -0.2) is 0 Å². The van der Waals surface area contributed by atoms with E-state index in [0.29, 0.717) is 18.8 Å². The summed E-state index contributed by atoms with van der Waals surface area (Å²) in [5.41, 5.74) is 3.02. The Hall–Kier alpha value is -0.870. The number of ether oxygens (including phenoxy) is 1. The van der Waals surface area contributed by atoms with Crippen LogP contribution in [0.25, 0.3) is 0 Å². The molecule has 2 rings (SSSR count). The van der Waals surface area contributed by atoms with Crippen LogP contribution in [-0.4, -0.2) is 17.3 Å². The predicted molar refractivity (Wildman–Crippen MR) is 65.7 cm³/mol. The van der Waals surface area contributed by atoms with Crippen molar-refractivity contribution in [3.05, 3.63) is 34.9 Å². The van der Waals surface area contributed by atoms with E-state index in [0.717, 1.165) is 10.9 Å². The van der Waals surface area contributed by atoms with Gasteiger partial charge in [0.15, 0.2) is 0 Å². The van der Waals surface area contributed by atoms with Crippen molar-refractivity contribution >= 4 is 21.8 Å². The first-order chi connectivity index (χ1) is 7.70. The fourth-order valence-corrected chi connectivity index (χ4v) is 1.82. The molecule has 3 nitrogen and oxygen atoms in total. The Morgan fingerprint density at radius 2 is 2.25 bits per heavy atom. The van der Waals surface area contributed by atoms with E-state index in [4.69, 9.17) is 4.74 Å². The molecular formula is C12H14BrNO2. The van der Waals surface area contributed by atoms with Crippen LogP contribution < -0.4 is 5.32 Å². The van der Waals surface area contributed by atoms with Gasteiger partial charge in [0.1, 0.15) is 0 Å². The highest BCUT2D eigenvalue weighted by atomic mass is 79.9. The third-order valence-corrected chi connectivity index (χ3v) is 3.56. The summed E-state index contributed by atoms with van der Waals surface area (Å²) in [7, 11) is 0. The molecule has 0 fully saturated rings. The molecule has 0 spiro atoms. The van der Waals surface area contributed by atoms with E-state index in [1.807, 2.05) is 25.1 Å². The first-order valence-electron chi connectivity index (χ1n) is 5.27. The maximum absolute atomic E-state index is 11.8. The van der Waals surface area contributed by atoms with Crippen LogP contribution in [0.5, 0.6) is 0 Å². The van der Waals surface area contributed by atoms with Crippen LogP contribution in [0.2, 0.25) is 0 Å². The topological polar surface area (TPSA) is 38.3 Å². The molecule has 0 saturated heterocycles. The van der Waals surface area contributed by atoms with Crippen LogP contribution >= 0.6 is 15.9 Å². The molecule has 0 aromatic heterocycles. The molecule has 1 unspecified atom stereocenters. The van der Waals surface area contributed by atoms with Gasteiger partial charge in [-0.3, -0.25) is 4.79 Å². The lowest BCUT2D eigenvalue weighted by Crippen LogP contribution is -2.33. The van der Waals surface area contributed by atoms with Gasteiger partial charge in [-0.1, -0.05) is 22.0 Å². The number of hydrogen-bond acceptors (Lipinski definition) is 2. The maximum Gasteiger partial charge on any atom is 0.251 e. The van der Waals surface area contributed by atoms with E-state index in [1.165, 1.54) is 5.56 Å². The third-order valence-electron chi connectivity index (χ3n) is 2.59. The average Bonchev–Trinajstić information content (AvgIpc) is 2.75. The van der Waals surface area contributed by atoms with Crippen molar-refractivity contribution in [3.8, 4) is 0 Å². The van der Waals surface area contributed by atoms with Crippen LogP contribution in [0.3, 0.4) is 0 Å². The first-order valence-corrected chi connectivity index (χ1v) is 6.39. The predicted octanol–water partition coefficient (Wildman–Crippen LogP) is 2.23. The van der Waals surface area contributed by atoms with Crippen molar-refractivity contribution in [1.29, 1.82) is 0 Å². The van der Waals surface area contributed by atoms with E-state index < -0.39 is 0 Å². The van der Waals surface area contributed by atoms with Gasteiger partial charge in [0.2, 0.25) is 0 Å². The van der Waals surface area contributed by atoms with Crippen LogP contribution in [0.15, 0.2) is 18.2 Å². The molecule has 0 bridgehead atoms. The minimum Gasteiger partial charge on any atom is -0.372 e. The molecule has 16 heavy (non-hydrogen) atoms. The number of halogens is 1. The zero-order chi connectivity index (χ0) is 11.5. The van der Waals surface area contributed by atoms with Crippen LogP contribution in [0.1, 0.15) is 28.4 Å². The molecule has 1 aromatic rings. The summed E-state index contributed by atoms with van der Waals surface area (Å²) in [6.07, 6.45) is 0. The lowest BCUT2D eigenvalue weighted by atomic mass is 10.1. The van der Waals surface area contributed by atoms with E-state index in [2.05, 4.69) is 21.2 Å². The summed E-state index contributed by atoms with van der Waals surface area (Å²) >= 11 is 3.33. The molecule has 1 amide bonds. The molecule has 1 aromatic carbocycles. The van der Waals surface area contributed by atoms with Crippen LogP contribution in [0.4, 0.5) is 0 Å². The Morgan fingerprint density at radius 3 is 3.00 bits per heavy atom. The molecule has 1 atom stereocenters. The summed E-state index contributed by atoms with van der Waals surface area (Å²) in [6, 6.07) is 5.87. The Bertz CT molecular complexity index is 406. The summed E-state index contributed by atoms with van der Waals surface area (Å²) < 4.78 is 5.31. The SMILES string of the molecule is CC(CBr)NC(=O)c1ccc2c(c1)COC2. The molecule has 1 heterocycles. The molecular weight excluding hydrogens is 270 g/mol. The summed E-state index contributed by atoms with van der Waals surface area (Å²) in [5.74, 6) is -0.0262. The van der Waals surface area contributed by atoms with Gasteiger partial charge in [-0.2, -0.15) is 0 Å². The number of benzene rings is 1. The van der Waals surface area contributed by atoms with Crippen molar-refractivity contribution in [2.75, 3.05) is 5.33 Å². The second-order valence-electron chi connectivity index (χ2n) is 4.01. The average molecular weight is 284 g/mol. The Kier molecular flexibility index (Phi) is 3.61. The minimum absolute atomic E-state index is 0.0262. The lowest BCUT2D eigenvalue weighted by molar-refractivity contribution is 0.0943. The third kappa shape index (κ3) is 2.44. The number of carbonyl (C=O) groups excluding carboxylic acids is 1. The molecule has 1 aliphatic heterocycles. The van der Waals surface area contributed by atoms with Crippen molar-refractivity contribution in [3.63, 3.8) is 0 Å². The minimum atomic E-state index is -0.0262. The van der Waals surface area contributed by atoms with Crippen molar-refractivity contribution in [1.82, 2.24) is 5.32 Å². The van der Waals surface area contributed by atoms with Gasteiger partial charge in [0, 0.05) is 16.9 Å². The van der Waals surface area contributed by atoms with Gasteiger partial charge < -0.3 is 10.1 Å². The van der Waals surface area contributed by atoms with Gasteiger partial charge in [-0.05, 0) is 30.2 Å². The monoisotopic (exact) mass is 283 g/mol. The van der Waals surface area contributed by atoms with Gasteiger partial charge in [0.25, 0.3) is 5.91 Å². The number of rotatable bonds is 3. The second kappa shape index (κ2) is 4.97. The standard InChI is InChI=1S/C12H14BrNO2/c1-8(5-13)14-12(15)9-2-3-10-6-16-7-11(10)4-9/h2-4,8H,5-7H2,1H3,(H,14,15). The largest absolute Gasteiger partial charge is 0.372 e. The molecule has 0 radical (unpaired) electrons. The van der Waals surface area contributed by atoms with E-state index in [-0.39, 0.29) is 11.9 Å². The molecule has 4 heteroatoms. The van der Waals surface area contributed by atoms with Crippen LogP contribution in [0, 0.1) is 0 Å². The zero-order valence-corrected chi connectivity index (χ0v) is 10.7. The van der Waals surface area contributed by atoms with Crippen molar-refractivity contribution in [2.24, 2.45) is 0 Å². The quantitative estimate of drug-likeness (QED) is 0.864. The molecule has 1 aliphatic rings. The number of nitrogens with one attached hydrogen (secondary N) is 1. The Morgan fingerprint density at radius 1 is 1.50 bits per heavy atom. The molecule has 0 saturated carbocycles. The number of carbonyl (C=O) groups is 1. The smallest absolute Gasteiger partial charge is 0.251 e. The van der Waals surface area contributed by atoms with Crippen LogP contribution in [-0.2, 0) is 18.0 Å². The number of amides is 1. The fourth-order valence-electron chi connectivity index (χ4n) is 1.66. The van der Waals surface area contributed by atoms with E-state index in [1.54, 1.807) is 0 Å². The Balaban J connectivity index is 2.12. The number of hydrogen-bond donors (Lipinski definition) is 1. The first kappa shape index (κ1) is 11.6. The molecule has 0 aliphatic carbocycles. The molecule has 1 N–H and O–H groups in total. The number of alkyl halides is 1. The maximum atomic E-state index is 11.8. The highest BCUT2D eigenvalue weighted by molar-refractivity contribution is 9.09. The second-order valence-corrected chi connectivity index (χ2v) is 4.65. The van der Waals surface area contributed by atoms with Gasteiger partial charge >= 0.3 is 0 Å². The van der Waals surface area contributed by atoms with Crippen molar-refractivity contribution < 1.29 is 9.53 Å². The van der Waals surface area contributed by atoms with Gasteiger partial charge in [0.05, 0.1) is 13.2 Å². The summed E-state index contributed by atoms with van der Waals surface area (Å²) in [6.45, 7) is 3.24. The zero-order valence-electron chi connectivity index (χ0n) is 9.13. The van der Waals surface area contributed by atoms with E-state index in [9.17, 15) is 4.79 Å². The summed E-state index contributed by atoms with van der Waals surface area (Å²) in [4.78, 5) is 11.8. The summed E-state index contributed by atoms with van der Waals surface area (Å²) in [5, 5.41) is 3.67. The lowest BCUT2D eigenvalue weighted by Gasteiger charge is -2.11. The fraction of sp³-hybridized carbons (Fsp3) is 0.417. The van der Waals surface area contributed by atoms with E-state index >= 15 is 0 Å². The number of fused-ring (bicyclic) bond motifs is 1. The highest BCUT2D eigenvalue weighted by Crippen LogP contribution is 2.20. The normalized spacial score (nSPS) is 15.6. The van der Waals surface area contributed by atoms with Gasteiger partial charge in [-0.15, -0.1) is 0 Å². The Labute approximate surface area is 103 Å². The molecule has 86 valence electrons. The van der Waals surface area contributed by atoms with Crippen molar-refractivity contribution in [2.45, 2.75) is 26.2 Å². The highest BCUT2D eigenvalue weighted by Gasteiger charge is 2.15.